The van der Waals surface area contributed by atoms with Crippen molar-refractivity contribution in [3.63, 3.8) is 0 Å². The Hall–Kier alpha value is -1.26. The molecule has 1 aromatic rings. The molecule has 0 aliphatic rings. The molecule has 1 nitrogen and oxygen atoms in total. The van der Waals surface area contributed by atoms with Gasteiger partial charge in [-0.1, -0.05) is 44.9 Å². The fraction of sp³-hybridized carbons (Fsp3) is 0.467. The van der Waals surface area contributed by atoms with Crippen molar-refractivity contribution in [2.75, 3.05) is 0 Å². The first-order valence-electron chi connectivity index (χ1n) is 5.57. The van der Waals surface area contributed by atoms with Crippen LogP contribution in [0.15, 0.2) is 18.2 Å². The summed E-state index contributed by atoms with van der Waals surface area (Å²) >= 11 is 0. The van der Waals surface area contributed by atoms with Crippen LogP contribution in [0.2, 0.25) is 0 Å². The van der Waals surface area contributed by atoms with Crippen molar-refractivity contribution in [2.24, 2.45) is 5.73 Å². The van der Waals surface area contributed by atoms with Gasteiger partial charge in [0.1, 0.15) is 5.54 Å². The van der Waals surface area contributed by atoms with Gasteiger partial charge in [-0.05, 0) is 36.0 Å². The highest BCUT2D eigenvalue weighted by Crippen LogP contribution is 2.27. The average Bonchev–Trinajstić information content (AvgIpc) is 2.16. The molecule has 0 spiro atoms. The molecule has 0 aliphatic heterocycles. The molecule has 86 valence electrons. The molecule has 2 N–H and O–H groups in total. The smallest absolute Gasteiger partial charge is 0.100 e. The first-order valence-corrected chi connectivity index (χ1v) is 5.57. The minimum atomic E-state index is -0.680. The molecule has 0 heterocycles. The van der Waals surface area contributed by atoms with Crippen LogP contribution in [0.3, 0.4) is 0 Å². The van der Waals surface area contributed by atoms with Crippen molar-refractivity contribution in [2.45, 2.75) is 45.6 Å². The molecule has 0 amide bonds. The van der Waals surface area contributed by atoms with Crippen LogP contribution in [-0.2, 0) is 11.0 Å². The normalized spacial score (nSPS) is 15.3. The molecule has 0 radical (unpaired) electrons. The molecule has 0 saturated carbocycles. The third kappa shape index (κ3) is 2.46. The van der Waals surface area contributed by atoms with Gasteiger partial charge in [0.15, 0.2) is 0 Å². The Bertz CT molecular complexity index is 428. The first-order chi connectivity index (χ1) is 7.18. The molecule has 1 heteroatoms. The summed E-state index contributed by atoms with van der Waals surface area (Å²) in [6.45, 7) is 10.5. The number of terminal acetylenes is 1. The van der Waals surface area contributed by atoms with E-state index in [1.807, 2.05) is 6.92 Å². The van der Waals surface area contributed by atoms with E-state index < -0.39 is 5.54 Å². The molecule has 0 saturated heterocycles. The highest BCUT2D eigenvalue weighted by Gasteiger charge is 2.22. The van der Waals surface area contributed by atoms with Crippen LogP contribution in [0.5, 0.6) is 0 Å². The molecule has 0 fully saturated rings. The lowest BCUT2D eigenvalue weighted by molar-refractivity contribution is 0.586. The van der Waals surface area contributed by atoms with Gasteiger partial charge in [0, 0.05) is 0 Å². The number of benzene rings is 1. The maximum Gasteiger partial charge on any atom is 0.100 e. The molecule has 1 aromatic carbocycles. The Morgan fingerprint density at radius 2 is 1.75 bits per heavy atom. The molecule has 0 bridgehead atoms. The predicted molar refractivity (Wildman–Crippen MR) is 70.3 cm³/mol. The van der Waals surface area contributed by atoms with Gasteiger partial charge in [-0.2, -0.15) is 0 Å². The van der Waals surface area contributed by atoms with Gasteiger partial charge in [0.2, 0.25) is 0 Å². The third-order valence-electron chi connectivity index (χ3n) is 2.95. The first kappa shape index (κ1) is 12.8. The minimum Gasteiger partial charge on any atom is -0.312 e. The van der Waals surface area contributed by atoms with E-state index in [2.05, 4.69) is 51.8 Å². The summed E-state index contributed by atoms with van der Waals surface area (Å²) in [5.74, 6) is 2.63. The second-order valence-electron chi connectivity index (χ2n) is 5.63. The Labute approximate surface area is 99.1 Å². The number of hydrogen-bond donors (Lipinski definition) is 1. The van der Waals surface area contributed by atoms with Crippen molar-refractivity contribution < 1.29 is 0 Å². The van der Waals surface area contributed by atoms with Crippen molar-refractivity contribution >= 4 is 0 Å². The zero-order valence-corrected chi connectivity index (χ0v) is 10.9. The third-order valence-corrected chi connectivity index (χ3v) is 2.95. The van der Waals surface area contributed by atoms with Gasteiger partial charge in [-0.15, -0.1) is 6.42 Å². The molecule has 1 atom stereocenters. The highest BCUT2D eigenvalue weighted by atomic mass is 14.7. The van der Waals surface area contributed by atoms with E-state index in [0.29, 0.717) is 0 Å². The molecular weight excluding hydrogens is 194 g/mol. The van der Waals surface area contributed by atoms with E-state index in [9.17, 15) is 0 Å². The van der Waals surface area contributed by atoms with Gasteiger partial charge in [0.05, 0.1) is 0 Å². The van der Waals surface area contributed by atoms with Gasteiger partial charge in [-0.25, -0.2) is 0 Å². The molecule has 1 unspecified atom stereocenters. The zero-order valence-electron chi connectivity index (χ0n) is 10.9. The lowest BCUT2D eigenvalue weighted by Crippen LogP contribution is -2.32. The van der Waals surface area contributed by atoms with Crippen LogP contribution in [0.1, 0.15) is 44.4 Å². The van der Waals surface area contributed by atoms with E-state index >= 15 is 0 Å². The van der Waals surface area contributed by atoms with Crippen molar-refractivity contribution in [1.82, 2.24) is 0 Å². The maximum absolute atomic E-state index is 6.06. The second kappa shape index (κ2) is 3.96. The monoisotopic (exact) mass is 215 g/mol. The summed E-state index contributed by atoms with van der Waals surface area (Å²) in [4.78, 5) is 0. The molecule has 1 rings (SSSR count). The molecule has 0 aliphatic carbocycles. The molecule has 16 heavy (non-hydrogen) atoms. The van der Waals surface area contributed by atoms with Gasteiger partial charge < -0.3 is 5.73 Å². The summed E-state index contributed by atoms with van der Waals surface area (Å²) < 4.78 is 0. The fourth-order valence-corrected chi connectivity index (χ4v) is 1.79. The van der Waals surface area contributed by atoms with E-state index in [1.165, 1.54) is 5.56 Å². The van der Waals surface area contributed by atoms with Crippen LogP contribution in [-0.4, -0.2) is 0 Å². The number of hydrogen-bond acceptors (Lipinski definition) is 1. The maximum atomic E-state index is 6.06. The Morgan fingerprint density at radius 1 is 1.19 bits per heavy atom. The van der Waals surface area contributed by atoms with Gasteiger partial charge in [0.25, 0.3) is 0 Å². The number of rotatable bonds is 1. The molecule has 0 aromatic heterocycles. The van der Waals surface area contributed by atoms with Crippen molar-refractivity contribution in [1.29, 1.82) is 0 Å². The van der Waals surface area contributed by atoms with Gasteiger partial charge >= 0.3 is 0 Å². The summed E-state index contributed by atoms with van der Waals surface area (Å²) in [6, 6.07) is 6.35. The summed E-state index contributed by atoms with van der Waals surface area (Å²) in [7, 11) is 0. The Kier molecular flexibility index (Phi) is 3.17. The number of aryl methyl sites for hydroxylation is 1. The Balaban J connectivity index is 3.27. The second-order valence-corrected chi connectivity index (χ2v) is 5.63. The van der Waals surface area contributed by atoms with Crippen LogP contribution in [0.4, 0.5) is 0 Å². The van der Waals surface area contributed by atoms with Gasteiger partial charge in [-0.3, -0.25) is 0 Å². The summed E-state index contributed by atoms with van der Waals surface area (Å²) in [5.41, 5.74) is 9.04. The highest BCUT2D eigenvalue weighted by molar-refractivity contribution is 5.41. The van der Waals surface area contributed by atoms with Crippen LogP contribution in [0.25, 0.3) is 0 Å². The summed E-state index contributed by atoms with van der Waals surface area (Å²) in [6.07, 6.45) is 5.46. The predicted octanol–water partition coefficient (Wildman–Crippen LogP) is 3.10. The largest absolute Gasteiger partial charge is 0.312 e. The topological polar surface area (TPSA) is 26.0 Å². The summed E-state index contributed by atoms with van der Waals surface area (Å²) in [5, 5.41) is 0. The zero-order chi connectivity index (χ0) is 12.6. The van der Waals surface area contributed by atoms with E-state index in [4.69, 9.17) is 12.2 Å². The van der Waals surface area contributed by atoms with E-state index in [1.54, 1.807) is 0 Å². The fourth-order valence-electron chi connectivity index (χ4n) is 1.79. The van der Waals surface area contributed by atoms with Crippen molar-refractivity contribution in [3.05, 3.63) is 34.9 Å². The van der Waals surface area contributed by atoms with Crippen molar-refractivity contribution in [3.8, 4) is 12.3 Å². The quantitative estimate of drug-likeness (QED) is 0.716. The van der Waals surface area contributed by atoms with Crippen LogP contribution >= 0.6 is 0 Å². The SMILES string of the molecule is C#CC(C)(N)c1ccc(C(C)(C)C)cc1C. The minimum absolute atomic E-state index is 0.157. The standard InChI is InChI=1S/C15H21N/c1-7-15(6,16)13-9-8-12(10-11(13)2)14(3,4)5/h1,8-10H,16H2,2-6H3. The number of nitrogens with two attached hydrogens (primary N) is 1. The van der Waals surface area contributed by atoms with Crippen LogP contribution in [0, 0.1) is 19.3 Å². The Morgan fingerprint density at radius 3 is 2.12 bits per heavy atom. The van der Waals surface area contributed by atoms with E-state index in [0.717, 1.165) is 11.1 Å². The average molecular weight is 215 g/mol. The lowest BCUT2D eigenvalue weighted by Gasteiger charge is -2.25. The van der Waals surface area contributed by atoms with E-state index in [-0.39, 0.29) is 5.41 Å². The van der Waals surface area contributed by atoms with Crippen LogP contribution < -0.4 is 5.73 Å². The molecular formula is C15H21N. The lowest BCUT2D eigenvalue weighted by atomic mass is 9.82.